The van der Waals surface area contributed by atoms with Crippen LogP contribution in [-0.2, 0) is 17.8 Å². The van der Waals surface area contributed by atoms with E-state index < -0.39 is 0 Å². The summed E-state index contributed by atoms with van der Waals surface area (Å²) in [7, 11) is 1.67. The molecule has 1 aromatic heterocycles. The van der Waals surface area contributed by atoms with Gasteiger partial charge in [-0.05, 0) is 25.0 Å². The van der Waals surface area contributed by atoms with Crippen molar-refractivity contribution >= 4 is 5.91 Å². The maximum Gasteiger partial charge on any atom is 0.226 e. The SMILES string of the molecule is COc1cccc(-c2nc3c([nH]2)CN(C(=O)C2CCCC2)CC3)c1. The highest BCUT2D eigenvalue weighted by atomic mass is 16.5. The number of hydrogen-bond acceptors (Lipinski definition) is 3. The second-order valence-electron chi connectivity index (χ2n) is 6.73. The number of ether oxygens (including phenoxy) is 1. The molecule has 1 fully saturated rings. The van der Waals surface area contributed by atoms with E-state index in [1.54, 1.807) is 7.11 Å². The Hall–Kier alpha value is -2.30. The van der Waals surface area contributed by atoms with Crippen molar-refractivity contribution in [1.29, 1.82) is 0 Å². The van der Waals surface area contributed by atoms with E-state index in [9.17, 15) is 4.79 Å². The van der Waals surface area contributed by atoms with Crippen molar-refractivity contribution in [1.82, 2.24) is 14.9 Å². The highest BCUT2D eigenvalue weighted by Gasteiger charge is 2.30. The van der Waals surface area contributed by atoms with Gasteiger partial charge < -0.3 is 14.6 Å². The summed E-state index contributed by atoms with van der Waals surface area (Å²) < 4.78 is 5.29. The normalized spacial score (nSPS) is 17.8. The van der Waals surface area contributed by atoms with Crippen LogP contribution in [0.1, 0.15) is 37.1 Å². The highest BCUT2D eigenvalue weighted by molar-refractivity contribution is 5.79. The van der Waals surface area contributed by atoms with Crippen LogP contribution in [0.4, 0.5) is 0 Å². The third kappa shape index (κ3) is 2.79. The van der Waals surface area contributed by atoms with E-state index in [0.717, 1.165) is 54.3 Å². The molecular formula is C19H23N3O2. The lowest BCUT2D eigenvalue weighted by Crippen LogP contribution is -2.39. The standard InChI is InChI=1S/C19H23N3O2/c1-24-15-8-4-7-14(11-15)18-20-16-9-10-22(12-17(16)21-18)19(23)13-5-2-3-6-13/h4,7-8,11,13H,2-3,5-6,9-10,12H2,1H3,(H,20,21). The lowest BCUT2D eigenvalue weighted by Gasteiger charge is -2.28. The van der Waals surface area contributed by atoms with Crippen LogP contribution in [0.3, 0.4) is 0 Å². The van der Waals surface area contributed by atoms with Gasteiger partial charge in [0.05, 0.1) is 25.0 Å². The number of fused-ring (bicyclic) bond motifs is 1. The van der Waals surface area contributed by atoms with E-state index in [4.69, 9.17) is 9.72 Å². The molecule has 0 bridgehead atoms. The van der Waals surface area contributed by atoms with Crippen LogP contribution < -0.4 is 4.74 Å². The number of hydrogen-bond donors (Lipinski definition) is 1. The Morgan fingerprint density at radius 2 is 2.17 bits per heavy atom. The third-order valence-electron chi connectivity index (χ3n) is 5.19. The third-order valence-corrected chi connectivity index (χ3v) is 5.19. The van der Waals surface area contributed by atoms with Crippen LogP contribution in [0.2, 0.25) is 0 Å². The average Bonchev–Trinajstić information content (AvgIpc) is 3.30. The lowest BCUT2D eigenvalue weighted by molar-refractivity contribution is -0.136. The van der Waals surface area contributed by atoms with Crippen LogP contribution in [0.25, 0.3) is 11.4 Å². The molecule has 5 nitrogen and oxygen atoms in total. The molecule has 1 aromatic carbocycles. The number of H-pyrrole nitrogens is 1. The molecule has 1 saturated carbocycles. The molecule has 4 rings (SSSR count). The van der Waals surface area contributed by atoms with E-state index in [1.165, 1.54) is 12.8 Å². The fourth-order valence-electron chi connectivity index (χ4n) is 3.82. The minimum absolute atomic E-state index is 0.243. The van der Waals surface area contributed by atoms with Crippen molar-refractivity contribution < 1.29 is 9.53 Å². The van der Waals surface area contributed by atoms with E-state index in [-0.39, 0.29) is 5.92 Å². The first-order valence-corrected chi connectivity index (χ1v) is 8.75. The molecule has 2 aliphatic rings. The molecule has 0 atom stereocenters. The van der Waals surface area contributed by atoms with Crippen LogP contribution in [0.5, 0.6) is 5.75 Å². The van der Waals surface area contributed by atoms with Gasteiger partial charge in [0.25, 0.3) is 0 Å². The maximum atomic E-state index is 12.6. The van der Waals surface area contributed by atoms with Gasteiger partial charge in [0, 0.05) is 24.4 Å². The van der Waals surface area contributed by atoms with E-state index >= 15 is 0 Å². The number of carbonyl (C=O) groups is 1. The first kappa shape index (κ1) is 15.2. The molecular weight excluding hydrogens is 302 g/mol. The number of benzene rings is 1. The minimum Gasteiger partial charge on any atom is -0.497 e. The first-order chi connectivity index (χ1) is 11.7. The maximum absolute atomic E-state index is 12.6. The summed E-state index contributed by atoms with van der Waals surface area (Å²) >= 11 is 0. The molecule has 1 N–H and O–H groups in total. The summed E-state index contributed by atoms with van der Waals surface area (Å²) in [6.45, 7) is 1.44. The zero-order valence-electron chi connectivity index (χ0n) is 14.0. The summed E-state index contributed by atoms with van der Waals surface area (Å²) in [6, 6.07) is 7.89. The zero-order valence-corrected chi connectivity index (χ0v) is 14.0. The fourth-order valence-corrected chi connectivity index (χ4v) is 3.82. The smallest absolute Gasteiger partial charge is 0.226 e. The van der Waals surface area contributed by atoms with Gasteiger partial charge in [-0.1, -0.05) is 25.0 Å². The van der Waals surface area contributed by atoms with E-state index in [1.807, 2.05) is 29.2 Å². The zero-order chi connectivity index (χ0) is 16.5. The van der Waals surface area contributed by atoms with Gasteiger partial charge >= 0.3 is 0 Å². The summed E-state index contributed by atoms with van der Waals surface area (Å²) in [5, 5.41) is 0. The molecule has 5 heteroatoms. The molecule has 1 aliphatic carbocycles. The number of methoxy groups -OCH3 is 1. The second kappa shape index (κ2) is 6.30. The predicted octanol–water partition coefficient (Wildman–Crippen LogP) is 3.16. The summed E-state index contributed by atoms with van der Waals surface area (Å²) in [5.74, 6) is 2.25. The largest absolute Gasteiger partial charge is 0.497 e. The van der Waals surface area contributed by atoms with Crippen molar-refractivity contribution in [2.24, 2.45) is 5.92 Å². The number of imidazole rings is 1. The summed E-state index contributed by atoms with van der Waals surface area (Å²) in [6.07, 6.45) is 5.33. The molecule has 0 unspecified atom stereocenters. The van der Waals surface area contributed by atoms with Crippen LogP contribution in [0.15, 0.2) is 24.3 Å². The van der Waals surface area contributed by atoms with Gasteiger partial charge in [-0.15, -0.1) is 0 Å². The van der Waals surface area contributed by atoms with Crippen LogP contribution >= 0.6 is 0 Å². The van der Waals surface area contributed by atoms with Gasteiger partial charge in [0.15, 0.2) is 0 Å². The van der Waals surface area contributed by atoms with Gasteiger partial charge in [-0.2, -0.15) is 0 Å². The Kier molecular flexibility index (Phi) is 4.00. The predicted molar refractivity (Wildman–Crippen MR) is 91.7 cm³/mol. The van der Waals surface area contributed by atoms with Gasteiger partial charge in [0.2, 0.25) is 5.91 Å². The van der Waals surface area contributed by atoms with Crippen molar-refractivity contribution in [2.45, 2.75) is 38.6 Å². The lowest BCUT2D eigenvalue weighted by atomic mass is 10.0. The highest BCUT2D eigenvalue weighted by Crippen LogP contribution is 2.30. The number of aromatic amines is 1. The summed E-state index contributed by atoms with van der Waals surface area (Å²) in [5.41, 5.74) is 3.17. The molecule has 2 heterocycles. The quantitative estimate of drug-likeness (QED) is 0.943. The minimum atomic E-state index is 0.243. The molecule has 2 aromatic rings. The van der Waals surface area contributed by atoms with Crippen LogP contribution in [-0.4, -0.2) is 34.4 Å². The van der Waals surface area contributed by atoms with Gasteiger partial charge in [-0.25, -0.2) is 4.98 Å². The summed E-state index contributed by atoms with van der Waals surface area (Å²) in [4.78, 5) is 22.8. The molecule has 1 aliphatic heterocycles. The van der Waals surface area contributed by atoms with Crippen LogP contribution in [0, 0.1) is 5.92 Å². The second-order valence-corrected chi connectivity index (χ2v) is 6.73. The molecule has 0 radical (unpaired) electrons. The average molecular weight is 325 g/mol. The Bertz CT molecular complexity index is 747. The number of nitrogens with zero attached hydrogens (tertiary/aromatic N) is 2. The van der Waals surface area contributed by atoms with Crippen molar-refractivity contribution in [3.63, 3.8) is 0 Å². The van der Waals surface area contributed by atoms with E-state index in [0.29, 0.717) is 12.5 Å². The topological polar surface area (TPSA) is 58.2 Å². The first-order valence-electron chi connectivity index (χ1n) is 8.75. The number of aromatic nitrogens is 2. The fraction of sp³-hybridized carbons (Fsp3) is 0.474. The number of carbonyl (C=O) groups excluding carboxylic acids is 1. The van der Waals surface area contributed by atoms with Gasteiger partial charge in [0.1, 0.15) is 11.6 Å². The molecule has 0 saturated heterocycles. The van der Waals surface area contributed by atoms with Crippen molar-refractivity contribution in [2.75, 3.05) is 13.7 Å². The number of rotatable bonds is 3. The Labute approximate surface area is 142 Å². The molecule has 1 amide bonds. The molecule has 126 valence electrons. The van der Waals surface area contributed by atoms with E-state index in [2.05, 4.69) is 4.98 Å². The number of nitrogens with one attached hydrogen (secondary N) is 1. The Balaban J connectivity index is 1.54. The van der Waals surface area contributed by atoms with Crippen molar-refractivity contribution in [3.05, 3.63) is 35.7 Å². The monoisotopic (exact) mass is 325 g/mol. The van der Waals surface area contributed by atoms with Gasteiger partial charge in [-0.3, -0.25) is 4.79 Å². The Morgan fingerprint density at radius 3 is 2.96 bits per heavy atom. The number of amides is 1. The van der Waals surface area contributed by atoms with Crippen molar-refractivity contribution in [3.8, 4) is 17.1 Å². The molecule has 0 spiro atoms. The Morgan fingerprint density at radius 1 is 1.33 bits per heavy atom. The molecule has 24 heavy (non-hydrogen) atoms.